The first-order valence-electron chi connectivity index (χ1n) is 7.09. The van der Waals surface area contributed by atoms with Crippen molar-refractivity contribution in [2.24, 2.45) is 0 Å². The number of nitrogens with one attached hydrogen (secondary N) is 1. The summed E-state index contributed by atoms with van der Waals surface area (Å²) in [4.78, 5) is 11.5. The minimum Gasteiger partial charge on any atom is -0.460 e. The monoisotopic (exact) mass is 381 g/mol. The Labute approximate surface area is 147 Å². The lowest BCUT2D eigenvalue weighted by Gasteiger charge is -2.19. The Balaban J connectivity index is 2.61. The number of hydrogen-bond donors (Lipinski definition) is 1. The maximum absolute atomic E-state index is 12.2. The molecule has 1 rings (SSSR count). The number of esters is 1. The van der Waals surface area contributed by atoms with Crippen molar-refractivity contribution in [3.63, 3.8) is 0 Å². The molecule has 0 saturated carbocycles. The molecule has 1 N–H and O–H groups in total. The number of aryl methyl sites for hydroxylation is 1. The molecule has 0 saturated heterocycles. The van der Waals surface area contributed by atoms with Crippen molar-refractivity contribution < 1.29 is 17.9 Å². The molecule has 0 aliphatic rings. The number of halogens is 2. The summed E-state index contributed by atoms with van der Waals surface area (Å²) >= 11 is 11.8. The fraction of sp³-hybridized carbons (Fsp3) is 0.533. The van der Waals surface area contributed by atoms with Crippen LogP contribution in [0.25, 0.3) is 0 Å². The molecule has 0 aromatic heterocycles. The van der Waals surface area contributed by atoms with Crippen LogP contribution in [0, 0.1) is 6.92 Å². The summed E-state index contributed by atoms with van der Waals surface area (Å²) in [6.45, 7) is 7.13. The summed E-state index contributed by atoms with van der Waals surface area (Å²) in [5.74, 6) is -0.364. The van der Waals surface area contributed by atoms with E-state index in [0.717, 1.165) is 0 Å². The molecule has 0 radical (unpaired) electrons. The lowest BCUT2D eigenvalue weighted by Crippen LogP contribution is -2.27. The Hall–Kier alpha value is -0.820. The fourth-order valence-corrected chi connectivity index (χ4v) is 3.65. The van der Waals surface area contributed by atoms with E-state index in [1.807, 2.05) is 0 Å². The summed E-state index contributed by atoms with van der Waals surface area (Å²) in [5, 5.41) is 0.458. The van der Waals surface area contributed by atoms with E-state index < -0.39 is 15.6 Å². The molecule has 23 heavy (non-hydrogen) atoms. The number of sulfonamides is 1. The highest BCUT2D eigenvalue weighted by Gasteiger charge is 2.20. The van der Waals surface area contributed by atoms with Gasteiger partial charge in [0.05, 0.1) is 5.02 Å². The average molecular weight is 382 g/mol. The zero-order valence-corrected chi connectivity index (χ0v) is 15.9. The Kier molecular flexibility index (Phi) is 6.89. The van der Waals surface area contributed by atoms with Crippen LogP contribution < -0.4 is 4.72 Å². The number of rotatable bonds is 6. The van der Waals surface area contributed by atoms with Gasteiger partial charge in [0.25, 0.3) is 0 Å². The van der Waals surface area contributed by atoms with Crippen LogP contribution in [0.2, 0.25) is 10.0 Å². The number of carbonyl (C=O) groups excluding carboxylic acids is 1. The van der Waals surface area contributed by atoms with Crippen molar-refractivity contribution in [3.05, 3.63) is 27.7 Å². The molecular weight excluding hydrogens is 361 g/mol. The van der Waals surface area contributed by atoms with Crippen LogP contribution in [-0.2, 0) is 19.6 Å². The second kappa shape index (κ2) is 7.83. The van der Waals surface area contributed by atoms with Crippen molar-refractivity contribution in [3.8, 4) is 0 Å². The Morgan fingerprint density at radius 2 is 1.83 bits per heavy atom. The first kappa shape index (κ1) is 20.2. The van der Waals surface area contributed by atoms with Crippen molar-refractivity contribution in [1.82, 2.24) is 4.72 Å². The number of benzene rings is 1. The zero-order valence-electron chi connectivity index (χ0n) is 13.6. The highest BCUT2D eigenvalue weighted by Crippen LogP contribution is 2.28. The van der Waals surface area contributed by atoms with Crippen LogP contribution in [-0.4, -0.2) is 26.5 Å². The minimum absolute atomic E-state index is 0.0293. The van der Waals surface area contributed by atoms with Crippen LogP contribution in [0.15, 0.2) is 17.0 Å². The lowest BCUT2D eigenvalue weighted by molar-refractivity contribution is -0.154. The predicted molar refractivity (Wildman–Crippen MR) is 91.5 cm³/mol. The van der Waals surface area contributed by atoms with Gasteiger partial charge in [-0.3, -0.25) is 4.79 Å². The molecule has 5 nitrogen and oxygen atoms in total. The van der Waals surface area contributed by atoms with Gasteiger partial charge in [-0.15, -0.1) is 0 Å². The van der Waals surface area contributed by atoms with Crippen LogP contribution in [0.5, 0.6) is 0 Å². The molecule has 0 spiro atoms. The molecule has 0 aliphatic carbocycles. The van der Waals surface area contributed by atoms with Gasteiger partial charge in [-0.05, 0) is 51.8 Å². The van der Waals surface area contributed by atoms with Crippen molar-refractivity contribution in [2.45, 2.75) is 51.0 Å². The summed E-state index contributed by atoms with van der Waals surface area (Å²) in [6, 6.07) is 2.81. The van der Waals surface area contributed by atoms with Crippen LogP contribution >= 0.6 is 23.2 Å². The van der Waals surface area contributed by atoms with Gasteiger partial charge in [-0.1, -0.05) is 23.2 Å². The maximum atomic E-state index is 12.2. The zero-order chi connectivity index (χ0) is 17.8. The summed E-state index contributed by atoms with van der Waals surface area (Å²) in [5.41, 5.74) is 0.0653. The van der Waals surface area contributed by atoms with E-state index in [0.29, 0.717) is 17.0 Å². The molecule has 0 unspecified atom stereocenters. The highest BCUT2D eigenvalue weighted by molar-refractivity contribution is 7.89. The standard InChI is InChI=1S/C15H21Cl2NO4S/c1-10-8-13(12(17)9-11(10)16)23(20,21)18-7-5-6-14(19)22-15(2,3)4/h8-9,18H,5-7H2,1-4H3. The third-order valence-corrected chi connectivity index (χ3v) is 5.11. The molecule has 0 fully saturated rings. The molecule has 8 heteroatoms. The van der Waals surface area contributed by atoms with Gasteiger partial charge in [-0.2, -0.15) is 0 Å². The molecule has 0 aliphatic heterocycles. The van der Waals surface area contributed by atoms with E-state index in [2.05, 4.69) is 4.72 Å². The molecule has 1 aromatic carbocycles. The van der Waals surface area contributed by atoms with E-state index in [-0.39, 0.29) is 28.9 Å². The van der Waals surface area contributed by atoms with E-state index in [1.165, 1.54) is 12.1 Å². The van der Waals surface area contributed by atoms with E-state index in [9.17, 15) is 13.2 Å². The molecular formula is C15H21Cl2NO4S. The third kappa shape index (κ3) is 6.67. The summed E-state index contributed by atoms with van der Waals surface area (Å²) in [6.07, 6.45) is 0.464. The third-order valence-electron chi connectivity index (χ3n) is 2.77. The van der Waals surface area contributed by atoms with Crippen molar-refractivity contribution >= 4 is 39.2 Å². The average Bonchev–Trinajstić information content (AvgIpc) is 2.37. The quantitative estimate of drug-likeness (QED) is 0.602. The maximum Gasteiger partial charge on any atom is 0.306 e. The van der Waals surface area contributed by atoms with Gasteiger partial charge < -0.3 is 4.74 Å². The van der Waals surface area contributed by atoms with Crippen LogP contribution in [0.4, 0.5) is 0 Å². The van der Waals surface area contributed by atoms with Gasteiger partial charge >= 0.3 is 5.97 Å². The summed E-state index contributed by atoms with van der Waals surface area (Å²) in [7, 11) is -3.76. The predicted octanol–water partition coefficient (Wildman–Crippen LogP) is 3.70. The molecule has 0 bridgehead atoms. The Bertz CT molecular complexity index is 681. The van der Waals surface area contributed by atoms with E-state index in [4.69, 9.17) is 27.9 Å². The van der Waals surface area contributed by atoms with Gasteiger partial charge in [0, 0.05) is 18.0 Å². The normalized spacial score (nSPS) is 12.3. The second-order valence-corrected chi connectivity index (χ2v) is 8.67. The summed E-state index contributed by atoms with van der Waals surface area (Å²) < 4.78 is 32.0. The second-order valence-electron chi connectivity index (χ2n) is 6.12. The Morgan fingerprint density at radius 3 is 2.39 bits per heavy atom. The van der Waals surface area contributed by atoms with E-state index in [1.54, 1.807) is 27.7 Å². The first-order valence-corrected chi connectivity index (χ1v) is 9.33. The van der Waals surface area contributed by atoms with Gasteiger partial charge in [0.2, 0.25) is 10.0 Å². The van der Waals surface area contributed by atoms with Crippen LogP contribution in [0.3, 0.4) is 0 Å². The lowest BCUT2D eigenvalue weighted by atomic mass is 10.2. The van der Waals surface area contributed by atoms with E-state index >= 15 is 0 Å². The fourth-order valence-electron chi connectivity index (χ4n) is 1.75. The molecule has 0 amide bonds. The Morgan fingerprint density at radius 1 is 1.22 bits per heavy atom. The van der Waals surface area contributed by atoms with Crippen molar-refractivity contribution in [2.75, 3.05) is 6.54 Å². The van der Waals surface area contributed by atoms with Crippen molar-refractivity contribution in [1.29, 1.82) is 0 Å². The topological polar surface area (TPSA) is 72.5 Å². The minimum atomic E-state index is -3.76. The smallest absolute Gasteiger partial charge is 0.306 e. The first-order chi connectivity index (χ1) is 10.4. The van der Waals surface area contributed by atoms with Crippen LogP contribution in [0.1, 0.15) is 39.2 Å². The highest BCUT2D eigenvalue weighted by atomic mass is 35.5. The molecule has 1 aromatic rings. The number of carbonyl (C=O) groups is 1. The van der Waals surface area contributed by atoms with Gasteiger partial charge in [0.15, 0.2) is 0 Å². The number of ether oxygens (including phenoxy) is 1. The number of hydrogen-bond acceptors (Lipinski definition) is 4. The van der Waals surface area contributed by atoms with Gasteiger partial charge in [0.1, 0.15) is 10.5 Å². The SMILES string of the molecule is Cc1cc(S(=O)(=O)NCCCC(=O)OC(C)(C)C)c(Cl)cc1Cl. The van der Waals surface area contributed by atoms with Gasteiger partial charge in [-0.25, -0.2) is 13.1 Å². The molecule has 0 heterocycles. The molecule has 130 valence electrons. The largest absolute Gasteiger partial charge is 0.460 e. The molecule has 0 atom stereocenters.